The second-order valence-corrected chi connectivity index (χ2v) is 5.10. The van der Waals surface area contributed by atoms with Crippen LogP contribution in [0.25, 0.3) is 0 Å². The molecule has 0 bridgehead atoms. The molecule has 1 aliphatic rings. The monoisotopic (exact) mass is 298 g/mol. The number of hydrogen-bond acceptors (Lipinski definition) is 3. The molecule has 17 heavy (non-hydrogen) atoms. The molecule has 1 aliphatic heterocycles. The van der Waals surface area contributed by atoms with E-state index in [0.29, 0.717) is 6.10 Å². The van der Waals surface area contributed by atoms with Crippen LogP contribution in [0.3, 0.4) is 0 Å². The van der Waals surface area contributed by atoms with Crippen LogP contribution in [0.15, 0.2) is 12.3 Å². The summed E-state index contributed by atoms with van der Waals surface area (Å²) in [5.41, 5.74) is 2.50. The molecular weight excluding hydrogens is 280 g/mol. The number of methoxy groups -OCH3 is 1. The highest BCUT2D eigenvalue weighted by Crippen LogP contribution is 2.23. The van der Waals surface area contributed by atoms with Crippen molar-refractivity contribution in [1.82, 2.24) is 4.98 Å². The molecule has 1 saturated heterocycles. The number of nitrogens with zero attached hydrogens (tertiary/aromatic N) is 2. The molecule has 2 heterocycles. The maximum atomic E-state index is 5.39. The minimum Gasteiger partial charge on any atom is -0.381 e. The number of anilines is 1. The van der Waals surface area contributed by atoms with E-state index in [1.165, 1.54) is 11.1 Å². The fourth-order valence-electron chi connectivity index (χ4n) is 2.33. The lowest BCUT2D eigenvalue weighted by Gasteiger charge is -2.33. The number of pyridine rings is 1. The predicted molar refractivity (Wildman–Crippen MR) is 73.8 cm³/mol. The number of hydrogen-bond donors (Lipinski definition) is 0. The van der Waals surface area contributed by atoms with Crippen molar-refractivity contribution in [3.63, 3.8) is 0 Å². The molecule has 1 fully saturated rings. The molecule has 0 aromatic carbocycles. The van der Waals surface area contributed by atoms with Crippen molar-refractivity contribution < 1.29 is 4.74 Å². The number of ether oxygens (including phenoxy) is 1. The minimum absolute atomic E-state index is 0.424. The third-order valence-corrected chi connectivity index (χ3v) is 3.98. The summed E-state index contributed by atoms with van der Waals surface area (Å²) in [7, 11) is 1.80. The average Bonchev–Trinajstić information content (AvgIpc) is 2.39. The quantitative estimate of drug-likeness (QED) is 0.803. The SMILES string of the molecule is COC1CCN(c2ncc(CBr)cc2C)CC1. The van der Waals surface area contributed by atoms with Crippen molar-refractivity contribution >= 4 is 21.7 Å². The Morgan fingerprint density at radius 2 is 2.18 bits per heavy atom. The van der Waals surface area contributed by atoms with Gasteiger partial charge in [-0.15, -0.1) is 0 Å². The maximum absolute atomic E-state index is 5.39. The maximum Gasteiger partial charge on any atom is 0.131 e. The van der Waals surface area contributed by atoms with Gasteiger partial charge in [0.15, 0.2) is 0 Å². The molecule has 0 saturated carbocycles. The second-order valence-electron chi connectivity index (χ2n) is 4.54. The minimum atomic E-state index is 0.424. The highest BCUT2D eigenvalue weighted by molar-refractivity contribution is 9.08. The molecule has 0 amide bonds. The van der Waals surface area contributed by atoms with Crippen LogP contribution in [0.2, 0.25) is 0 Å². The van der Waals surface area contributed by atoms with Crippen LogP contribution < -0.4 is 4.90 Å². The third-order valence-electron chi connectivity index (χ3n) is 3.34. The first-order valence-corrected chi connectivity index (χ1v) is 7.16. The van der Waals surface area contributed by atoms with Gasteiger partial charge in [0.2, 0.25) is 0 Å². The second kappa shape index (κ2) is 5.83. The van der Waals surface area contributed by atoms with Crippen molar-refractivity contribution in [2.45, 2.75) is 31.2 Å². The van der Waals surface area contributed by atoms with Crippen molar-refractivity contribution in [2.24, 2.45) is 0 Å². The summed E-state index contributed by atoms with van der Waals surface area (Å²) in [6, 6.07) is 2.21. The van der Waals surface area contributed by atoms with Gasteiger partial charge in [-0.1, -0.05) is 22.0 Å². The third kappa shape index (κ3) is 2.99. The molecule has 1 aromatic heterocycles. The van der Waals surface area contributed by atoms with Crippen LogP contribution in [0.1, 0.15) is 24.0 Å². The zero-order chi connectivity index (χ0) is 12.3. The normalized spacial score (nSPS) is 17.5. The van der Waals surface area contributed by atoms with E-state index in [0.717, 1.165) is 37.1 Å². The Bertz CT molecular complexity index is 376. The van der Waals surface area contributed by atoms with E-state index in [1.807, 2.05) is 6.20 Å². The first-order chi connectivity index (χ1) is 8.24. The number of aryl methyl sites for hydroxylation is 1. The lowest BCUT2D eigenvalue weighted by atomic mass is 10.1. The van der Waals surface area contributed by atoms with Crippen molar-refractivity contribution in [3.8, 4) is 0 Å². The van der Waals surface area contributed by atoms with Gasteiger partial charge in [0, 0.05) is 31.7 Å². The average molecular weight is 299 g/mol. The van der Waals surface area contributed by atoms with Gasteiger partial charge in [-0.05, 0) is 30.9 Å². The first-order valence-electron chi connectivity index (χ1n) is 6.04. The summed E-state index contributed by atoms with van der Waals surface area (Å²) in [6.45, 7) is 4.22. The van der Waals surface area contributed by atoms with E-state index in [-0.39, 0.29) is 0 Å². The van der Waals surface area contributed by atoms with Crippen LogP contribution in [0, 0.1) is 6.92 Å². The van der Waals surface area contributed by atoms with Crippen molar-refractivity contribution in [3.05, 3.63) is 23.4 Å². The van der Waals surface area contributed by atoms with Gasteiger partial charge in [-0.3, -0.25) is 0 Å². The van der Waals surface area contributed by atoms with Gasteiger partial charge >= 0.3 is 0 Å². The zero-order valence-electron chi connectivity index (χ0n) is 10.4. The Labute approximate surface area is 111 Å². The molecule has 4 heteroatoms. The lowest BCUT2D eigenvalue weighted by Crippen LogP contribution is -2.37. The number of aromatic nitrogens is 1. The number of piperidine rings is 1. The van der Waals surface area contributed by atoms with Gasteiger partial charge in [-0.25, -0.2) is 4.98 Å². The smallest absolute Gasteiger partial charge is 0.131 e. The van der Waals surface area contributed by atoms with Crippen LogP contribution in [-0.2, 0) is 10.1 Å². The van der Waals surface area contributed by atoms with Crippen molar-refractivity contribution in [2.75, 3.05) is 25.1 Å². The van der Waals surface area contributed by atoms with Gasteiger partial charge in [0.1, 0.15) is 5.82 Å². The van der Waals surface area contributed by atoms with E-state index in [4.69, 9.17) is 4.74 Å². The van der Waals surface area contributed by atoms with E-state index in [2.05, 4.69) is 38.8 Å². The van der Waals surface area contributed by atoms with E-state index < -0.39 is 0 Å². The first kappa shape index (κ1) is 12.8. The Kier molecular flexibility index (Phi) is 4.40. The van der Waals surface area contributed by atoms with Gasteiger partial charge in [0.05, 0.1) is 6.10 Å². The Hall–Kier alpha value is -0.610. The van der Waals surface area contributed by atoms with E-state index in [9.17, 15) is 0 Å². The summed E-state index contributed by atoms with van der Waals surface area (Å²) in [4.78, 5) is 6.94. The highest BCUT2D eigenvalue weighted by Gasteiger charge is 2.20. The standard InChI is InChI=1S/C13H19BrN2O/c1-10-7-11(8-14)9-15-13(10)16-5-3-12(17-2)4-6-16/h7,9,12H,3-6,8H2,1-2H3. The molecule has 0 radical (unpaired) electrons. The predicted octanol–water partition coefficient (Wildman–Crippen LogP) is 2.90. The molecule has 2 rings (SSSR count). The fraction of sp³-hybridized carbons (Fsp3) is 0.615. The Morgan fingerprint density at radius 1 is 1.47 bits per heavy atom. The number of rotatable bonds is 3. The number of alkyl halides is 1. The topological polar surface area (TPSA) is 25.4 Å². The van der Waals surface area contributed by atoms with E-state index >= 15 is 0 Å². The molecule has 3 nitrogen and oxygen atoms in total. The molecule has 0 aliphatic carbocycles. The summed E-state index contributed by atoms with van der Waals surface area (Å²) >= 11 is 3.46. The highest BCUT2D eigenvalue weighted by atomic mass is 79.9. The summed E-state index contributed by atoms with van der Waals surface area (Å²) < 4.78 is 5.39. The largest absolute Gasteiger partial charge is 0.381 e. The van der Waals surface area contributed by atoms with Gasteiger partial charge in [0.25, 0.3) is 0 Å². The fourth-order valence-corrected chi connectivity index (χ4v) is 2.64. The molecule has 0 atom stereocenters. The molecular formula is C13H19BrN2O. The molecule has 0 spiro atoms. The van der Waals surface area contributed by atoms with Gasteiger partial charge < -0.3 is 9.64 Å². The molecule has 94 valence electrons. The van der Waals surface area contributed by atoms with Crippen LogP contribution in [0.4, 0.5) is 5.82 Å². The zero-order valence-corrected chi connectivity index (χ0v) is 12.0. The van der Waals surface area contributed by atoms with Crippen molar-refractivity contribution in [1.29, 1.82) is 0 Å². The van der Waals surface area contributed by atoms with Gasteiger partial charge in [-0.2, -0.15) is 0 Å². The van der Waals surface area contributed by atoms with E-state index in [1.54, 1.807) is 7.11 Å². The summed E-state index contributed by atoms with van der Waals surface area (Å²) in [6.07, 6.45) is 4.57. The number of halogens is 1. The summed E-state index contributed by atoms with van der Waals surface area (Å²) in [5.74, 6) is 1.13. The molecule has 0 N–H and O–H groups in total. The lowest BCUT2D eigenvalue weighted by molar-refractivity contribution is 0.0818. The van der Waals surface area contributed by atoms with Crippen LogP contribution in [0.5, 0.6) is 0 Å². The Balaban J connectivity index is 2.08. The van der Waals surface area contributed by atoms with Crippen LogP contribution >= 0.6 is 15.9 Å². The summed E-state index contributed by atoms with van der Waals surface area (Å²) in [5, 5.41) is 0.868. The Morgan fingerprint density at radius 3 is 2.71 bits per heavy atom. The molecule has 0 unspecified atom stereocenters. The van der Waals surface area contributed by atoms with Crippen LogP contribution in [-0.4, -0.2) is 31.3 Å². The molecule has 1 aromatic rings.